The standard InChI is InChI=1S/C12H19N3O2/c1-15(8-5-11(13)12(16)17)7-4-10-3-2-6-14-9-10/h2-3,6,9,11H,4-5,7-8,13H2,1H3,(H,16,17). The number of rotatable bonds is 7. The summed E-state index contributed by atoms with van der Waals surface area (Å²) < 4.78 is 0. The van der Waals surface area contributed by atoms with Crippen molar-refractivity contribution in [1.29, 1.82) is 0 Å². The highest BCUT2D eigenvalue weighted by Crippen LogP contribution is 1.99. The van der Waals surface area contributed by atoms with E-state index in [2.05, 4.69) is 9.88 Å². The molecule has 0 fully saturated rings. The van der Waals surface area contributed by atoms with Crippen LogP contribution in [0.5, 0.6) is 0 Å². The minimum absolute atomic E-state index is 0.471. The largest absolute Gasteiger partial charge is 0.480 e. The predicted molar refractivity (Wildman–Crippen MR) is 65.7 cm³/mol. The minimum atomic E-state index is -0.939. The van der Waals surface area contributed by atoms with Gasteiger partial charge in [-0.05, 0) is 38.1 Å². The highest BCUT2D eigenvalue weighted by atomic mass is 16.4. The zero-order valence-electron chi connectivity index (χ0n) is 10.0. The average molecular weight is 237 g/mol. The zero-order valence-corrected chi connectivity index (χ0v) is 10.0. The monoisotopic (exact) mass is 237 g/mol. The first-order valence-corrected chi connectivity index (χ1v) is 5.65. The Labute approximate surface area is 101 Å². The maximum absolute atomic E-state index is 10.5. The van der Waals surface area contributed by atoms with Crippen LogP contribution in [0.25, 0.3) is 0 Å². The molecule has 1 aromatic heterocycles. The Hall–Kier alpha value is -1.46. The van der Waals surface area contributed by atoms with Crippen LogP contribution < -0.4 is 5.73 Å². The summed E-state index contributed by atoms with van der Waals surface area (Å²) >= 11 is 0. The highest BCUT2D eigenvalue weighted by Gasteiger charge is 2.11. The van der Waals surface area contributed by atoms with E-state index in [0.717, 1.165) is 13.0 Å². The number of carboxylic acid groups (broad SMARTS) is 1. The average Bonchev–Trinajstić information content (AvgIpc) is 2.34. The maximum Gasteiger partial charge on any atom is 0.320 e. The fourth-order valence-electron chi connectivity index (χ4n) is 1.46. The Kier molecular flexibility index (Phi) is 5.59. The second-order valence-corrected chi connectivity index (χ2v) is 4.15. The number of pyridine rings is 1. The van der Waals surface area contributed by atoms with Crippen LogP contribution in [0.1, 0.15) is 12.0 Å². The van der Waals surface area contributed by atoms with E-state index in [1.807, 2.05) is 25.4 Å². The van der Waals surface area contributed by atoms with Crippen molar-refractivity contribution in [2.24, 2.45) is 5.73 Å². The number of carbonyl (C=O) groups is 1. The van der Waals surface area contributed by atoms with Gasteiger partial charge in [-0.15, -0.1) is 0 Å². The van der Waals surface area contributed by atoms with Crippen molar-refractivity contribution >= 4 is 5.97 Å². The number of nitrogens with two attached hydrogens (primary N) is 1. The van der Waals surface area contributed by atoms with Gasteiger partial charge in [-0.3, -0.25) is 9.78 Å². The van der Waals surface area contributed by atoms with E-state index < -0.39 is 12.0 Å². The van der Waals surface area contributed by atoms with E-state index in [4.69, 9.17) is 10.8 Å². The quantitative estimate of drug-likeness (QED) is 0.715. The lowest BCUT2D eigenvalue weighted by Gasteiger charge is -2.17. The topological polar surface area (TPSA) is 79.5 Å². The van der Waals surface area contributed by atoms with Gasteiger partial charge in [-0.1, -0.05) is 6.07 Å². The van der Waals surface area contributed by atoms with Crippen LogP contribution >= 0.6 is 0 Å². The Morgan fingerprint density at radius 2 is 2.35 bits per heavy atom. The van der Waals surface area contributed by atoms with Crippen LogP contribution in [-0.2, 0) is 11.2 Å². The second-order valence-electron chi connectivity index (χ2n) is 4.15. The lowest BCUT2D eigenvalue weighted by atomic mass is 10.2. The summed E-state index contributed by atoms with van der Waals surface area (Å²) in [7, 11) is 1.96. The number of aromatic nitrogens is 1. The third-order valence-electron chi connectivity index (χ3n) is 2.64. The SMILES string of the molecule is CN(CCc1cccnc1)CCC(N)C(=O)O. The van der Waals surface area contributed by atoms with Gasteiger partial charge >= 0.3 is 5.97 Å². The first-order chi connectivity index (χ1) is 8.09. The number of hydrogen-bond donors (Lipinski definition) is 2. The number of aliphatic carboxylic acids is 1. The van der Waals surface area contributed by atoms with Crippen LogP contribution in [-0.4, -0.2) is 47.1 Å². The van der Waals surface area contributed by atoms with Crippen molar-refractivity contribution in [2.45, 2.75) is 18.9 Å². The van der Waals surface area contributed by atoms with Gasteiger partial charge in [-0.2, -0.15) is 0 Å². The van der Waals surface area contributed by atoms with E-state index in [1.165, 1.54) is 5.56 Å². The molecular formula is C12H19N3O2. The molecule has 0 bridgehead atoms. The molecule has 0 aliphatic carbocycles. The van der Waals surface area contributed by atoms with E-state index in [-0.39, 0.29) is 0 Å². The van der Waals surface area contributed by atoms with Crippen LogP contribution in [0.2, 0.25) is 0 Å². The molecule has 1 atom stereocenters. The van der Waals surface area contributed by atoms with Crippen molar-refractivity contribution in [3.05, 3.63) is 30.1 Å². The van der Waals surface area contributed by atoms with Crippen molar-refractivity contribution in [3.63, 3.8) is 0 Å². The highest BCUT2D eigenvalue weighted by molar-refractivity contribution is 5.72. The van der Waals surface area contributed by atoms with Gasteiger partial charge in [0.15, 0.2) is 0 Å². The summed E-state index contributed by atoms with van der Waals surface area (Å²) in [6.45, 7) is 1.56. The number of carboxylic acids is 1. The molecule has 0 saturated carbocycles. The lowest BCUT2D eigenvalue weighted by Crippen LogP contribution is -2.34. The first-order valence-electron chi connectivity index (χ1n) is 5.65. The minimum Gasteiger partial charge on any atom is -0.480 e. The van der Waals surface area contributed by atoms with Gasteiger partial charge in [0.05, 0.1) is 0 Å². The van der Waals surface area contributed by atoms with Crippen LogP contribution in [0, 0.1) is 0 Å². The first kappa shape index (κ1) is 13.6. The van der Waals surface area contributed by atoms with E-state index >= 15 is 0 Å². The molecule has 5 heteroatoms. The number of likely N-dealkylation sites (N-methyl/N-ethyl adjacent to an activating group) is 1. The maximum atomic E-state index is 10.5. The molecule has 94 valence electrons. The Bertz CT molecular complexity index is 343. The predicted octanol–water partition coefficient (Wildman–Crippen LogP) is 0.358. The molecule has 1 unspecified atom stereocenters. The van der Waals surface area contributed by atoms with Crippen molar-refractivity contribution < 1.29 is 9.90 Å². The Morgan fingerprint density at radius 3 is 2.94 bits per heavy atom. The number of nitrogens with zero attached hydrogens (tertiary/aromatic N) is 2. The van der Waals surface area contributed by atoms with Gasteiger partial charge in [0.2, 0.25) is 0 Å². The molecule has 5 nitrogen and oxygen atoms in total. The smallest absolute Gasteiger partial charge is 0.320 e. The molecule has 0 radical (unpaired) electrons. The lowest BCUT2D eigenvalue weighted by molar-refractivity contribution is -0.138. The van der Waals surface area contributed by atoms with Gasteiger partial charge in [0.25, 0.3) is 0 Å². The van der Waals surface area contributed by atoms with E-state index in [1.54, 1.807) is 6.20 Å². The fraction of sp³-hybridized carbons (Fsp3) is 0.500. The van der Waals surface area contributed by atoms with Gasteiger partial charge < -0.3 is 15.7 Å². The van der Waals surface area contributed by atoms with E-state index in [9.17, 15) is 4.79 Å². The van der Waals surface area contributed by atoms with Gasteiger partial charge in [-0.25, -0.2) is 0 Å². The number of hydrogen-bond acceptors (Lipinski definition) is 4. The molecule has 1 rings (SSSR count). The molecule has 1 aromatic rings. The molecule has 0 saturated heterocycles. The molecule has 0 aliphatic rings. The summed E-state index contributed by atoms with van der Waals surface area (Å²) in [5, 5.41) is 8.65. The molecule has 17 heavy (non-hydrogen) atoms. The van der Waals surface area contributed by atoms with Gasteiger partial charge in [0, 0.05) is 18.9 Å². The molecule has 1 heterocycles. The van der Waals surface area contributed by atoms with Crippen LogP contribution in [0.15, 0.2) is 24.5 Å². The Balaban J connectivity index is 2.22. The molecule has 0 aromatic carbocycles. The summed E-state index contributed by atoms with van der Waals surface area (Å²) in [6.07, 6.45) is 4.97. The van der Waals surface area contributed by atoms with Crippen LogP contribution in [0.3, 0.4) is 0 Å². The fourth-order valence-corrected chi connectivity index (χ4v) is 1.46. The normalized spacial score (nSPS) is 12.6. The summed E-state index contributed by atoms with van der Waals surface area (Å²) in [6, 6.07) is 3.18. The molecule has 3 N–H and O–H groups in total. The third-order valence-corrected chi connectivity index (χ3v) is 2.64. The molecule has 0 amide bonds. The zero-order chi connectivity index (χ0) is 12.7. The van der Waals surface area contributed by atoms with E-state index in [0.29, 0.717) is 13.0 Å². The molecule has 0 spiro atoms. The van der Waals surface area contributed by atoms with Crippen molar-refractivity contribution in [1.82, 2.24) is 9.88 Å². The van der Waals surface area contributed by atoms with Gasteiger partial charge in [0.1, 0.15) is 6.04 Å². The summed E-state index contributed by atoms with van der Waals surface area (Å²) in [4.78, 5) is 16.7. The summed E-state index contributed by atoms with van der Waals surface area (Å²) in [5.74, 6) is -0.939. The second kappa shape index (κ2) is 6.98. The Morgan fingerprint density at radius 1 is 1.59 bits per heavy atom. The van der Waals surface area contributed by atoms with Crippen molar-refractivity contribution in [2.75, 3.05) is 20.1 Å². The molecular weight excluding hydrogens is 218 g/mol. The summed E-state index contributed by atoms with van der Waals surface area (Å²) in [5.41, 5.74) is 6.62. The molecule has 0 aliphatic heterocycles. The third kappa shape index (κ3) is 5.42. The van der Waals surface area contributed by atoms with Crippen molar-refractivity contribution in [3.8, 4) is 0 Å². The van der Waals surface area contributed by atoms with Crippen LogP contribution in [0.4, 0.5) is 0 Å².